The largest absolute Gasteiger partial charge is 0.508 e. The summed E-state index contributed by atoms with van der Waals surface area (Å²) < 4.78 is 11.6. The molecule has 8 nitrogen and oxygen atoms in total. The molecule has 2 aromatic carbocycles. The van der Waals surface area contributed by atoms with Crippen molar-refractivity contribution < 1.29 is 24.2 Å². The first-order chi connectivity index (χ1) is 13.8. The van der Waals surface area contributed by atoms with Crippen LogP contribution in [-0.2, 0) is 9.59 Å². The summed E-state index contributed by atoms with van der Waals surface area (Å²) in [7, 11) is 0. The number of nitrogens with zero attached hydrogens (tertiary/aromatic N) is 1. The molecule has 0 unspecified atom stereocenters. The number of carbonyl (C=O) groups is 2. The highest BCUT2D eigenvalue weighted by Crippen LogP contribution is 2.35. The molecular weight excluding hydrogens is 489 g/mol. The van der Waals surface area contributed by atoms with Gasteiger partial charge in [0, 0.05) is 5.69 Å². The summed E-state index contributed by atoms with van der Waals surface area (Å²) in [6, 6.07) is 11.0. The van der Waals surface area contributed by atoms with Gasteiger partial charge in [0.05, 0.1) is 10.2 Å². The van der Waals surface area contributed by atoms with Crippen molar-refractivity contribution in [2.24, 2.45) is 5.73 Å². The molecule has 0 spiro atoms. The number of primary amides is 1. The Labute approximate surface area is 181 Å². The average Bonchev–Trinajstić information content (AvgIpc) is 2.67. The van der Waals surface area contributed by atoms with Crippen molar-refractivity contribution in [3.63, 3.8) is 0 Å². The summed E-state index contributed by atoms with van der Waals surface area (Å²) in [5, 5.41) is 21.3. The first kappa shape index (κ1) is 22.0. The van der Waals surface area contributed by atoms with Gasteiger partial charge in [-0.2, -0.15) is 5.26 Å². The van der Waals surface area contributed by atoms with E-state index in [1.807, 2.05) is 28.7 Å². The topological polar surface area (TPSA) is 135 Å². The maximum atomic E-state index is 12.4. The SMILES string of the molecule is CCOc1cc(/C=C(\C#N)C(=O)Nc2ccc(O)cc2)cc(I)c1OCC(N)=O. The number of nitriles is 1. The molecule has 0 aliphatic carbocycles. The maximum absolute atomic E-state index is 12.4. The van der Waals surface area contributed by atoms with E-state index < -0.39 is 11.8 Å². The lowest BCUT2D eigenvalue weighted by atomic mass is 10.1. The van der Waals surface area contributed by atoms with E-state index in [0.717, 1.165) is 0 Å². The number of phenolic OH excluding ortho intramolecular Hbond substituents is 1. The van der Waals surface area contributed by atoms with Crippen molar-refractivity contribution in [3.05, 3.63) is 51.1 Å². The smallest absolute Gasteiger partial charge is 0.266 e. The summed E-state index contributed by atoms with van der Waals surface area (Å²) in [4.78, 5) is 23.4. The summed E-state index contributed by atoms with van der Waals surface area (Å²) in [6.45, 7) is 1.84. The fourth-order valence-electron chi connectivity index (χ4n) is 2.28. The van der Waals surface area contributed by atoms with Gasteiger partial charge in [0.1, 0.15) is 17.4 Å². The zero-order valence-corrected chi connectivity index (χ0v) is 17.6. The maximum Gasteiger partial charge on any atom is 0.266 e. The third-order valence-electron chi connectivity index (χ3n) is 3.49. The molecule has 29 heavy (non-hydrogen) atoms. The lowest BCUT2D eigenvalue weighted by Gasteiger charge is -2.14. The van der Waals surface area contributed by atoms with E-state index in [1.165, 1.54) is 30.3 Å². The predicted molar refractivity (Wildman–Crippen MR) is 115 cm³/mol. The Bertz CT molecular complexity index is 981. The zero-order chi connectivity index (χ0) is 21.4. The third-order valence-corrected chi connectivity index (χ3v) is 4.29. The van der Waals surface area contributed by atoms with Crippen molar-refractivity contribution in [2.75, 3.05) is 18.5 Å². The van der Waals surface area contributed by atoms with Crippen molar-refractivity contribution >= 4 is 46.2 Å². The number of nitrogens with two attached hydrogens (primary N) is 1. The molecule has 9 heteroatoms. The third kappa shape index (κ3) is 6.39. The van der Waals surface area contributed by atoms with Gasteiger partial charge in [0.25, 0.3) is 11.8 Å². The van der Waals surface area contributed by atoms with E-state index in [-0.39, 0.29) is 17.9 Å². The van der Waals surface area contributed by atoms with Gasteiger partial charge in [-0.1, -0.05) is 0 Å². The minimum atomic E-state index is -0.620. The molecule has 2 aromatic rings. The number of amides is 2. The summed E-state index contributed by atoms with van der Waals surface area (Å²) >= 11 is 2.00. The van der Waals surface area contributed by atoms with Crippen LogP contribution in [0.2, 0.25) is 0 Å². The number of hydrogen-bond donors (Lipinski definition) is 3. The summed E-state index contributed by atoms with van der Waals surface area (Å²) in [5.74, 6) is -0.431. The highest BCUT2D eigenvalue weighted by atomic mass is 127. The number of rotatable bonds is 8. The number of halogens is 1. The van der Waals surface area contributed by atoms with E-state index in [2.05, 4.69) is 5.32 Å². The quantitative estimate of drug-likeness (QED) is 0.218. The van der Waals surface area contributed by atoms with Crippen LogP contribution in [0.3, 0.4) is 0 Å². The van der Waals surface area contributed by atoms with Crippen molar-refractivity contribution in [1.82, 2.24) is 0 Å². The number of phenols is 1. The number of aromatic hydroxyl groups is 1. The molecular formula is C20H18IN3O5. The van der Waals surface area contributed by atoms with Crippen LogP contribution in [0.15, 0.2) is 42.0 Å². The minimum Gasteiger partial charge on any atom is -0.508 e. The van der Waals surface area contributed by atoms with Gasteiger partial charge in [0.2, 0.25) is 0 Å². The number of anilines is 1. The predicted octanol–water partition coefficient (Wildman–Crippen LogP) is 2.81. The van der Waals surface area contributed by atoms with Gasteiger partial charge >= 0.3 is 0 Å². The van der Waals surface area contributed by atoms with E-state index in [4.69, 9.17) is 15.2 Å². The van der Waals surface area contributed by atoms with Crippen LogP contribution in [0.1, 0.15) is 12.5 Å². The molecule has 150 valence electrons. The summed E-state index contributed by atoms with van der Waals surface area (Å²) in [5.41, 5.74) is 5.98. The van der Waals surface area contributed by atoms with Gasteiger partial charge in [0.15, 0.2) is 18.1 Å². The Kier molecular flexibility index (Phi) is 7.85. The first-order valence-electron chi connectivity index (χ1n) is 8.43. The second-order valence-electron chi connectivity index (χ2n) is 5.69. The van der Waals surface area contributed by atoms with E-state index >= 15 is 0 Å². The van der Waals surface area contributed by atoms with Crippen molar-refractivity contribution in [2.45, 2.75) is 6.92 Å². The van der Waals surface area contributed by atoms with Gasteiger partial charge in [-0.3, -0.25) is 9.59 Å². The molecule has 0 atom stereocenters. The first-order valence-corrected chi connectivity index (χ1v) is 9.51. The molecule has 0 radical (unpaired) electrons. The number of benzene rings is 2. The highest BCUT2D eigenvalue weighted by Gasteiger charge is 2.15. The molecule has 2 amide bonds. The van der Waals surface area contributed by atoms with Crippen LogP contribution in [0.5, 0.6) is 17.2 Å². The molecule has 0 aliphatic heterocycles. The molecule has 2 rings (SSSR count). The van der Waals surface area contributed by atoms with Gasteiger partial charge in [-0.25, -0.2) is 0 Å². The Morgan fingerprint density at radius 3 is 2.55 bits per heavy atom. The molecule has 0 bridgehead atoms. The molecule has 0 saturated heterocycles. The Hall–Kier alpha value is -3.26. The van der Waals surface area contributed by atoms with E-state index in [0.29, 0.717) is 32.9 Å². The van der Waals surface area contributed by atoms with Crippen molar-refractivity contribution in [1.29, 1.82) is 5.26 Å². The lowest BCUT2D eigenvalue weighted by Crippen LogP contribution is -2.20. The Morgan fingerprint density at radius 1 is 1.28 bits per heavy atom. The standard InChI is InChI=1S/C20H18IN3O5/c1-2-28-17-9-12(8-16(21)19(17)29-11-18(23)26)7-13(10-22)20(27)24-14-3-5-15(25)6-4-14/h3-9,25H,2,11H2,1H3,(H2,23,26)(H,24,27)/b13-7+. The number of nitrogens with one attached hydrogen (secondary N) is 1. The summed E-state index contributed by atoms with van der Waals surface area (Å²) in [6.07, 6.45) is 1.41. The Morgan fingerprint density at radius 2 is 1.97 bits per heavy atom. The lowest BCUT2D eigenvalue weighted by molar-refractivity contribution is -0.120. The molecule has 0 saturated carbocycles. The minimum absolute atomic E-state index is 0.0655. The average molecular weight is 507 g/mol. The molecule has 0 fully saturated rings. The van der Waals surface area contributed by atoms with Gasteiger partial charge < -0.3 is 25.6 Å². The van der Waals surface area contributed by atoms with E-state index in [1.54, 1.807) is 19.1 Å². The van der Waals surface area contributed by atoms with Gasteiger partial charge in [-0.15, -0.1) is 0 Å². The fraction of sp³-hybridized carbons (Fsp3) is 0.150. The van der Waals surface area contributed by atoms with Crippen LogP contribution in [-0.4, -0.2) is 30.1 Å². The highest BCUT2D eigenvalue weighted by molar-refractivity contribution is 14.1. The van der Waals surface area contributed by atoms with Crippen molar-refractivity contribution in [3.8, 4) is 23.3 Å². The number of ether oxygens (including phenoxy) is 2. The van der Waals surface area contributed by atoms with Crippen LogP contribution < -0.4 is 20.5 Å². The van der Waals surface area contributed by atoms with E-state index in [9.17, 15) is 20.0 Å². The zero-order valence-electron chi connectivity index (χ0n) is 15.4. The van der Waals surface area contributed by atoms with Crippen LogP contribution >= 0.6 is 22.6 Å². The molecule has 0 heterocycles. The fourth-order valence-corrected chi connectivity index (χ4v) is 3.06. The molecule has 0 aromatic heterocycles. The number of hydrogen-bond acceptors (Lipinski definition) is 6. The normalized spacial score (nSPS) is 10.7. The van der Waals surface area contributed by atoms with Crippen LogP contribution in [0.4, 0.5) is 5.69 Å². The van der Waals surface area contributed by atoms with Gasteiger partial charge in [-0.05, 0) is 77.6 Å². The monoisotopic (exact) mass is 507 g/mol. The van der Waals surface area contributed by atoms with Crippen LogP contribution in [0.25, 0.3) is 6.08 Å². The molecule has 0 aliphatic rings. The van der Waals surface area contributed by atoms with Crippen LogP contribution in [0, 0.1) is 14.9 Å². The second-order valence-corrected chi connectivity index (χ2v) is 6.85. The Balaban J connectivity index is 2.31. The number of carbonyl (C=O) groups excluding carboxylic acids is 2. The second kappa shape index (κ2) is 10.3. The molecule has 4 N–H and O–H groups in total.